The first kappa shape index (κ1) is 13.8. The van der Waals surface area contributed by atoms with Crippen molar-refractivity contribution in [3.8, 4) is 0 Å². The molecule has 1 aliphatic carbocycles. The molecule has 0 bridgehead atoms. The highest BCUT2D eigenvalue weighted by atomic mass is 16.2. The van der Waals surface area contributed by atoms with Crippen LogP contribution in [0.25, 0.3) is 0 Å². The van der Waals surface area contributed by atoms with Crippen LogP contribution in [0.3, 0.4) is 0 Å². The number of aromatic nitrogens is 1. The zero-order chi connectivity index (χ0) is 13.8. The highest BCUT2D eigenvalue weighted by molar-refractivity contribution is 5.94. The minimum atomic E-state index is -0.134. The molecule has 0 atom stereocenters. The van der Waals surface area contributed by atoms with Gasteiger partial charge in [0.2, 0.25) is 0 Å². The Balaban J connectivity index is 2.19. The molecule has 2 rings (SSSR count). The first-order valence-electron chi connectivity index (χ1n) is 7.11. The molecule has 1 fully saturated rings. The van der Waals surface area contributed by atoms with E-state index < -0.39 is 0 Å². The van der Waals surface area contributed by atoms with Crippen LogP contribution in [0.15, 0.2) is 23.1 Å². The van der Waals surface area contributed by atoms with E-state index in [1.807, 2.05) is 11.8 Å². The first-order chi connectivity index (χ1) is 9.13. The van der Waals surface area contributed by atoms with Crippen molar-refractivity contribution in [2.24, 2.45) is 7.05 Å². The SMILES string of the molecule is CCN(C(=O)c1ccn(C)c(=O)c1)C1CCCCC1. The smallest absolute Gasteiger partial charge is 0.254 e. The second-order valence-corrected chi connectivity index (χ2v) is 5.25. The number of nitrogens with zero attached hydrogens (tertiary/aromatic N) is 2. The molecule has 0 radical (unpaired) electrons. The minimum Gasteiger partial charge on any atom is -0.336 e. The molecule has 1 aromatic heterocycles. The van der Waals surface area contributed by atoms with Gasteiger partial charge in [0.05, 0.1) is 0 Å². The molecular formula is C15H22N2O2. The van der Waals surface area contributed by atoms with Gasteiger partial charge in [-0.15, -0.1) is 0 Å². The lowest BCUT2D eigenvalue weighted by Crippen LogP contribution is -2.41. The molecule has 4 heteroatoms. The van der Waals surface area contributed by atoms with E-state index >= 15 is 0 Å². The number of hydrogen-bond acceptors (Lipinski definition) is 2. The van der Waals surface area contributed by atoms with E-state index in [2.05, 4.69) is 0 Å². The molecule has 1 amide bonds. The van der Waals surface area contributed by atoms with Gasteiger partial charge in [0.1, 0.15) is 0 Å². The van der Waals surface area contributed by atoms with Crippen LogP contribution < -0.4 is 5.56 Å². The summed E-state index contributed by atoms with van der Waals surface area (Å²) in [5, 5.41) is 0. The molecular weight excluding hydrogens is 240 g/mol. The van der Waals surface area contributed by atoms with Crippen molar-refractivity contribution < 1.29 is 4.79 Å². The van der Waals surface area contributed by atoms with Crippen LogP contribution in [0.2, 0.25) is 0 Å². The van der Waals surface area contributed by atoms with Crippen molar-refractivity contribution in [3.05, 3.63) is 34.2 Å². The molecule has 0 spiro atoms. The van der Waals surface area contributed by atoms with Gasteiger partial charge in [-0.3, -0.25) is 9.59 Å². The van der Waals surface area contributed by atoms with Gasteiger partial charge in [0.25, 0.3) is 11.5 Å². The standard InChI is InChI=1S/C15H22N2O2/c1-3-17(13-7-5-4-6-8-13)15(19)12-9-10-16(2)14(18)11-12/h9-11,13H,3-8H2,1-2H3. The third-order valence-corrected chi connectivity index (χ3v) is 3.97. The second-order valence-electron chi connectivity index (χ2n) is 5.25. The van der Waals surface area contributed by atoms with Crippen molar-refractivity contribution in [1.82, 2.24) is 9.47 Å². The van der Waals surface area contributed by atoms with E-state index in [9.17, 15) is 9.59 Å². The summed E-state index contributed by atoms with van der Waals surface area (Å²) in [6.07, 6.45) is 7.50. The molecule has 19 heavy (non-hydrogen) atoms. The Morgan fingerprint density at radius 1 is 1.37 bits per heavy atom. The third-order valence-electron chi connectivity index (χ3n) is 3.97. The first-order valence-corrected chi connectivity index (χ1v) is 7.11. The number of hydrogen-bond donors (Lipinski definition) is 0. The number of rotatable bonds is 3. The number of aryl methyl sites for hydroxylation is 1. The summed E-state index contributed by atoms with van der Waals surface area (Å²) in [5.41, 5.74) is 0.376. The van der Waals surface area contributed by atoms with Gasteiger partial charge in [-0.2, -0.15) is 0 Å². The van der Waals surface area contributed by atoms with Gasteiger partial charge in [-0.1, -0.05) is 19.3 Å². The molecule has 1 saturated carbocycles. The van der Waals surface area contributed by atoms with Gasteiger partial charge in [0, 0.05) is 37.5 Å². The summed E-state index contributed by atoms with van der Waals surface area (Å²) in [4.78, 5) is 26.1. The lowest BCUT2D eigenvalue weighted by Gasteiger charge is -2.33. The average molecular weight is 262 g/mol. The van der Waals surface area contributed by atoms with E-state index in [0.717, 1.165) is 12.8 Å². The van der Waals surface area contributed by atoms with Crippen LogP contribution in [-0.2, 0) is 7.05 Å². The molecule has 4 nitrogen and oxygen atoms in total. The van der Waals surface area contributed by atoms with Gasteiger partial charge in [0.15, 0.2) is 0 Å². The fourth-order valence-corrected chi connectivity index (χ4v) is 2.81. The summed E-state index contributed by atoms with van der Waals surface area (Å²) in [7, 11) is 1.69. The quantitative estimate of drug-likeness (QED) is 0.838. The van der Waals surface area contributed by atoms with Crippen molar-refractivity contribution in [2.75, 3.05) is 6.54 Å². The third kappa shape index (κ3) is 3.06. The molecule has 0 unspecified atom stereocenters. The Labute approximate surface area is 114 Å². The van der Waals surface area contributed by atoms with Gasteiger partial charge in [-0.05, 0) is 25.8 Å². The zero-order valence-electron chi connectivity index (χ0n) is 11.8. The van der Waals surface area contributed by atoms with E-state index in [1.54, 1.807) is 19.3 Å². The maximum atomic E-state index is 12.5. The number of amides is 1. The summed E-state index contributed by atoms with van der Waals surface area (Å²) < 4.78 is 1.48. The largest absolute Gasteiger partial charge is 0.336 e. The Morgan fingerprint density at radius 3 is 2.63 bits per heavy atom. The number of carbonyl (C=O) groups excluding carboxylic acids is 1. The summed E-state index contributed by atoms with van der Waals surface area (Å²) >= 11 is 0. The predicted octanol–water partition coefficient (Wildman–Crippen LogP) is 2.18. The number of carbonyl (C=O) groups is 1. The van der Waals surface area contributed by atoms with E-state index in [4.69, 9.17) is 0 Å². The second kappa shape index (κ2) is 6.04. The van der Waals surface area contributed by atoms with Crippen LogP contribution in [0, 0.1) is 0 Å². The van der Waals surface area contributed by atoms with Crippen LogP contribution in [0.5, 0.6) is 0 Å². The topological polar surface area (TPSA) is 42.3 Å². The lowest BCUT2D eigenvalue weighted by molar-refractivity contribution is 0.0647. The van der Waals surface area contributed by atoms with Gasteiger partial charge >= 0.3 is 0 Å². The molecule has 0 N–H and O–H groups in total. The monoisotopic (exact) mass is 262 g/mol. The lowest BCUT2D eigenvalue weighted by atomic mass is 9.94. The normalized spacial score (nSPS) is 16.3. The molecule has 1 aliphatic rings. The van der Waals surface area contributed by atoms with Gasteiger partial charge < -0.3 is 9.47 Å². The highest BCUT2D eigenvalue weighted by Gasteiger charge is 2.25. The molecule has 1 heterocycles. The summed E-state index contributed by atoms with van der Waals surface area (Å²) in [6.45, 7) is 2.71. The van der Waals surface area contributed by atoms with Crippen molar-refractivity contribution in [1.29, 1.82) is 0 Å². The van der Waals surface area contributed by atoms with E-state index in [1.165, 1.54) is 29.9 Å². The molecule has 1 aromatic rings. The van der Waals surface area contributed by atoms with Crippen LogP contribution >= 0.6 is 0 Å². The summed E-state index contributed by atoms with van der Waals surface area (Å²) in [5.74, 6) is -0.00731. The average Bonchev–Trinajstić information content (AvgIpc) is 2.44. The van der Waals surface area contributed by atoms with E-state index in [0.29, 0.717) is 18.2 Å². The Morgan fingerprint density at radius 2 is 2.05 bits per heavy atom. The van der Waals surface area contributed by atoms with Crippen molar-refractivity contribution >= 4 is 5.91 Å². The predicted molar refractivity (Wildman–Crippen MR) is 75.3 cm³/mol. The fourth-order valence-electron chi connectivity index (χ4n) is 2.81. The van der Waals surface area contributed by atoms with Gasteiger partial charge in [-0.25, -0.2) is 0 Å². The van der Waals surface area contributed by atoms with Crippen LogP contribution in [0.1, 0.15) is 49.4 Å². The Bertz CT molecular complexity index is 501. The van der Waals surface area contributed by atoms with Crippen LogP contribution in [-0.4, -0.2) is 28.0 Å². The summed E-state index contributed by atoms with van der Waals surface area (Å²) in [6, 6.07) is 3.51. The number of pyridine rings is 1. The van der Waals surface area contributed by atoms with E-state index in [-0.39, 0.29) is 11.5 Å². The molecule has 0 aromatic carbocycles. The Kier molecular flexibility index (Phi) is 4.40. The molecule has 104 valence electrons. The fraction of sp³-hybridized carbons (Fsp3) is 0.600. The van der Waals surface area contributed by atoms with Crippen LogP contribution in [0.4, 0.5) is 0 Å². The highest BCUT2D eigenvalue weighted by Crippen LogP contribution is 2.23. The maximum absolute atomic E-state index is 12.5. The van der Waals surface area contributed by atoms with Crippen molar-refractivity contribution in [2.45, 2.75) is 45.1 Å². The maximum Gasteiger partial charge on any atom is 0.254 e. The molecule has 0 aliphatic heterocycles. The zero-order valence-corrected chi connectivity index (χ0v) is 11.8. The Hall–Kier alpha value is -1.58. The minimum absolute atomic E-state index is 0.00731. The van der Waals surface area contributed by atoms with Crippen molar-refractivity contribution in [3.63, 3.8) is 0 Å². The molecule has 0 saturated heterocycles.